The number of nitrogens with one attached hydrogen (secondary N) is 1. The number of aromatic amines is 1. The predicted octanol–water partition coefficient (Wildman–Crippen LogP) is 2.95. The molecule has 2 aliphatic heterocycles. The average Bonchev–Trinajstić information content (AvgIpc) is 3.39. The summed E-state index contributed by atoms with van der Waals surface area (Å²) in [7, 11) is 0. The first-order valence-corrected chi connectivity index (χ1v) is 12.7. The summed E-state index contributed by atoms with van der Waals surface area (Å²) in [6, 6.07) is 6.41. The summed E-state index contributed by atoms with van der Waals surface area (Å²) in [6.45, 7) is 5.33. The molecule has 5 N–H and O–H groups in total. The third-order valence-corrected chi connectivity index (χ3v) is 7.72. The Morgan fingerprint density at radius 1 is 1.09 bits per heavy atom. The maximum atomic E-state index is 6.71. The number of rotatable bonds is 5. The fourth-order valence-electron chi connectivity index (χ4n) is 4.57. The van der Waals surface area contributed by atoms with Crippen LogP contribution in [0.15, 0.2) is 34.4 Å². The van der Waals surface area contributed by atoms with E-state index in [-0.39, 0.29) is 12.1 Å². The van der Waals surface area contributed by atoms with Crippen LogP contribution in [0.3, 0.4) is 0 Å². The van der Waals surface area contributed by atoms with Crippen molar-refractivity contribution >= 4 is 57.1 Å². The summed E-state index contributed by atoms with van der Waals surface area (Å²) in [4.78, 5) is 27.8. The summed E-state index contributed by atoms with van der Waals surface area (Å²) in [6.07, 6.45) is 3.55. The molecule has 34 heavy (non-hydrogen) atoms. The van der Waals surface area contributed by atoms with Crippen LogP contribution in [0.25, 0.3) is 22.1 Å². The molecule has 0 amide bonds. The fourth-order valence-corrected chi connectivity index (χ4v) is 5.71. The third-order valence-electron chi connectivity index (χ3n) is 6.44. The molecule has 0 spiro atoms. The van der Waals surface area contributed by atoms with Crippen molar-refractivity contribution in [1.82, 2.24) is 24.9 Å². The van der Waals surface area contributed by atoms with Crippen LogP contribution in [-0.4, -0.2) is 63.2 Å². The SMILES string of the molecule is CCc1[nH]c2nc(Sc3ccc4nc(N5CC(N)C5)cnc4c3)nc(N3CC[C@H](N)C3)c2c1Cl. The third kappa shape index (κ3) is 3.84. The molecule has 0 aliphatic carbocycles. The fraction of sp³-hybridized carbons (Fsp3) is 0.391. The highest BCUT2D eigenvalue weighted by Gasteiger charge is 2.27. The van der Waals surface area contributed by atoms with Gasteiger partial charge in [-0.3, -0.25) is 4.98 Å². The summed E-state index contributed by atoms with van der Waals surface area (Å²) in [5.74, 6) is 1.71. The van der Waals surface area contributed by atoms with Gasteiger partial charge >= 0.3 is 0 Å². The van der Waals surface area contributed by atoms with E-state index in [2.05, 4.69) is 26.7 Å². The van der Waals surface area contributed by atoms with E-state index in [0.717, 1.165) is 83.3 Å². The van der Waals surface area contributed by atoms with Crippen LogP contribution in [-0.2, 0) is 6.42 Å². The molecule has 1 atom stereocenters. The highest BCUT2D eigenvalue weighted by molar-refractivity contribution is 7.99. The lowest BCUT2D eigenvalue weighted by molar-refractivity contribution is 0.514. The predicted molar refractivity (Wildman–Crippen MR) is 137 cm³/mol. The van der Waals surface area contributed by atoms with Crippen molar-refractivity contribution in [3.05, 3.63) is 35.1 Å². The number of nitrogens with zero attached hydrogens (tertiary/aromatic N) is 6. The van der Waals surface area contributed by atoms with Crippen molar-refractivity contribution in [2.24, 2.45) is 11.5 Å². The summed E-state index contributed by atoms with van der Waals surface area (Å²) >= 11 is 8.21. The van der Waals surface area contributed by atoms with Crippen LogP contribution in [0.5, 0.6) is 0 Å². The van der Waals surface area contributed by atoms with E-state index in [1.807, 2.05) is 24.4 Å². The van der Waals surface area contributed by atoms with E-state index in [1.54, 1.807) is 0 Å². The molecule has 176 valence electrons. The van der Waals surface area contributed by atoms with E-state index in [0.29, 0.717) is 10.2 Å². The van der Waals surface area contributed by atoms with Gasteiger partial charge in [-0.25, -0.2) is 15.0 Å². The van der Waals surface area contributed by atoms with Crippen LogP contribution in [0.1, 0.15) is 19.0 Å². The first kappa shape index (κ1) is 21.8. The van der Waals surface area contributed by atoms with Gasteiger partial charge in [-0.2, -0.15) is 0 Å². The smallest absolute Gasteiger partial charge is 0.196 e. The Labute approximate surface area is 206 Å². The van der Waals surface area contributed by atoms with Gasteiger partial charge in [-0.1, -0.05) is 18.5 Å². The first-order valence-electron chi connectivity index (χ1n) is 11.5. The van der Waals surface area contributed by atoms with Gasteiger partial charge in [0.25, 0.3) is 0 Å². The van der Waals surface area contributed by atoms with Crippen LogP contribution in [0.4, 0.5) is 11.6 Å². The van der Waals surface area contributed by atoms with E-state index in [4.69, 9.17) is 38.0 Å². The zero-order valence-corrected chi connectivity index (χ0v) is 20.4. The number of benzene rings is 1. The second-order valence-electron chi connectivity index (χ2n) is 8.97. The molecule has 2 aliphatic rings. The molecule has 0 radical (unpaired) electrons. The van der Waals surface area contributed by atoms with Crippen molar-refractivity contribution in [1.29, 1.82) is 0 Å². The molecule has 0 saturated carbocycles. The number of fused-ring (bicyclic) bond motifs is 2. The Hall–Kier alpha value is -2.66. The second-order valence-corrected chi connectivity index (χ2v) is 10.4. The number of halogens is 1. The monoisotopic (exact) mass is 495 g/mol. The number of aromatic nitrogens is 5. The van der Waals surface area contributed by atoms with Gasteiger partial charge in [0.2, 0.25) is 0 Å². The van der Waals surface area contributed by atoms with Crippen LogP contribution in [0.2, 0.25) is 5.02 Å². The Kier molecular flexibility index (Phi) is 5.48. The van der Waals surface area contributed by atoms with Gasteiger partial charge in [0, 0.05) is 48.9 Å². The number of hydrogen-bond donors (Lipinski definition) is 3. The van der Waals surface area contributed by atoms with E-state index in [1.165, 1.54) is 11.8 Å². The molecule has 0 bridgehead atoms. The van der Waals surface area contributed by atoms with Crippen molar-refractivity contribution < 1.29 is 0 Å². The number of hydrogen-bond acceptors (Lipinski definition) is 9. The minimum Gasteiger partial charge on any atom is -0.354 e. The van der Waals surface area contributed by atoms with Gasteiger partial charge in [0.1, 0.15) is 17.3 Å². The zero-order valence-electron chi connectivity index (χ0n) is 18.8. The van der Waals surface area contributed by atoms with E-state index >= 15 is 0 Å². The van der Waals surface area contributed by atoms with Gasteiger partial charge in [-0.05, 0) is 42.8 Å². The minimum atomic E-state index is 0.139. The van der Waals surface area contributed by atoms with Gasteiger partial charge in [0.05, 0.1) is 27.6 Å². The van der Waals surface area contributed by atoms with Crippen LogP contribution in [0, 0.1) is 0 Å². The maximum Gasteiger partial charge on any atom is 0.196 e. The lowest BCUT2D eigenvalue weighted by atomic mass is 10.1. The van der Waals surface area contributed by atoms with Gasteiger partial charge in [-0.15, -0.1) is 0 Å². The molecule has 11 heteroatoms. The van der Waals surface area contributed by atoms with Crippen LogP contribution >= 0.6 is 23.4 Å². The Morgan fingerprint density at radius 2 is 1.91 bits per heavy atom. The highest BCUT2D eigenvalue weighted by atomic mass is 35.5. The minimum absolute atomic E-state index is 0.139. The average molecular weight is 496 g/mol. The maximum absolute atomic E-state index is 6.71. The molecular weight excluding hydrogens is 470 g/mol. The largest absolute Gasteiger partial charge is 0.354 e. The number of aryl methyl sites for hydroxylation is 1. The number of nitrogens with two attached hydrogens (primary N) is 2. The van der Waals surface area contributed by atoms with Gasteiger partial charge < -0.3 is 26.3 Å². The molecule has 9 nitrogen and oxygen atoms in total. The molecule has 3 aromatic heterocycles. The Balaban J connectivity index is 1.34. The summed E-state index contributed by atoms with van der Waals surface area (Å²) < 4.78 is 0. The molecule has 6 rings (SSSR count). The number of H-pyrrole nitrogens is 1. The summed E-state index contributed by atoms with van der Waals surface area (Å²) in [5.41, 5.74) is 15.5. The van der Waals surface area contributed by atoms with Crippen molar-refractivity contribution in [3.63, 3.8) is 0 Å². The molecule has 4 aromatic rings. The van der Waals surface area contributed by atoms with Crippen molar-refractivity contribution in [2.45, 2.75) is 41.9 Å². The standard InChI is InChI=1S/C23H26ClN9S/c1-2-15-20(24)19-21(29-15)30-23(31-22(19)32-6-5-12(25)9-32)34-14-3-4-16-17(7-14)27-8-18(28-16)33-10-13(26)11-33/h3-4,7-8,12-13H,2,5-6,9-11,25-26H2,1H3,(H,29,30,31)/t12-/m0/s1. The topological polar surface area (TPSA) is 126 Å². The van der Waals surface area contributed by atoms with Crippen molar-refractivity contribution in [2.75, 3.05) is 36.0 Å². The van der Waals surface area contributed by atoms with E-state index < -0.39 is 0 Å². The highest BCUT2D eigenvalue weighted by Crippen LogP contribution is 2.38. The Morgan fingerprint density at radius 3 is 2.65 bits per heavy atom. The lowest BCUT2D eigenvalue weighted by Crippen LogP contribution is -2.56. The zero-order chi connectivity index (χ0) is 23.4. The first-order chi connectivity index (χ1) is 16.5. The molecular formula is C23H26ClN9S. The Bertz CT molecular complexity index is 1380. The molecule has 2 fully saturated rings. The van der Waals surface area contributed by atoms with Gasteiger partial charge in [0.15, 0.2) is 5.16 Å². The lowest BCUT2D eigenvalue weighted by Gasteiger charge is -2.37. The van der Waals surface area contributed by atoms with Crippen molar-refractivity contribution in [3.8, 4) is 0 Å². The van der Waals surface area contributed by atoms with Crippen LogP contribution < -0.4 is 21.3 Å². The van der Waals surface area contributed by atoms with E-state index in [9.17, 15) is 0 Å². The summed E-state index contributed by atoms with van der Waals surface area (Å²) in [5, 5.41) is 2.23. The number of anilines is 2. The second kappa shape index (κ2) is 8.53. The normalized spacial score (nSPS) is 18.9. The molecule has 0 unspecified atom stereocenters. The molecule has 2 saturated heterocycles. The molecule has 1 aromatic carbocycles. The quantitative estimate of drug-likeness (QED) is 0.358. The molecule has 5 heterocycles.